The predicted octanol–water partition coefficient (Wildman–Crippen LogP) is 5.56. The Morgan fingerprint density at radius 3 is 2.19 bits per heavy atom. The zero-order valence-electron chi connectivity index (χ0n) is 16.6. The quantitative estimate of drug-likeness (QED) is 0.185. The van der Waals surface area contributed by atoms with Crippen LogP contribution in [-0.4, -0.2) is 18.9 Å². The van der Waals surface area contributed by atoms with Crippen molar-refractivity contribution in [3.8, 4) is 5.75 Å². The second-order valence-electron chi connectivity index (χ2n) is 9.12. The van der Waals surface area contributed by atoms with Gasteiger partial charge in [-0.2, -0.15) is 0 Å². The molecule has 8 heteroatoms. The van der Waals surface area contributed by atoms with Gasteiger partial charge in [0.2, 0.25) is 0 Å². The van der Waals surface area contributed by atoms with Gasteiger partial charge >= 0.3 is 5.97 Å². The summed E-state index contributed by atoms with van der Waals surface area (Å²) in [5, 5.41) is 0. The molecule has 0 radical (unpaired) electrons. The molecule has 164 valence electrons. The van der Waals surface area contributed by atoms with Crippen molar-refractivity contribution in [1.82, 2.24) is 0 Å². The third-order valence-corrected chi connectivity index (χ3v) is 9.72. The van der Waals surface area contributed by atoms with Gasteiger partial charge in [0.1, 0.15) is 15.9 Å². The number of carbonyl (C=O) groups is 1. The van der Waals surface area contributed by atoms with E-state index in [0.29, 0.717) is 23.0 Å². The van der Waals surface area contributed by atoms with E-state index in [1.54, 1.807) is 12.1 Å². The minimum atomic E-state index is -4.62. The third-order valence-electron chi connectivity index (χ3n) is 7.20. The molecule has 31 heavy (non-hydrogen) atoms. The molecule has 0 unspecified atom stereocenters. The van der Waals surface area contributed by atoms with Gasteiger partial charge < -0.3 is 9.29 Å². The summed E-state index contributed by atoms with van der Waals surface area (Å²) in [6.07, 6.45) is 5.68. The average molecular weight is 663 g/mol. The summed E-state index contributed by atoms with van der Waals surface area (Å²) in [6.45, 7) is 0. The zero-order valence-corrected chi connectivity index (χ0v) is 21.7. The van der Waals surface area contributed by atoms with Crippen molar-refractivity contribution < 1.29 is 22.5 Å². The first-order valence-electron chi connectivity index (χ1n) is 10.5. The van der Waals surface area contributed by atoms with Crippen LogP contribution in [0.4, 0.5) is 0 Å². The zero-order chi connectivity index (χ0) is 21.9. The third kappa shape index (κ3) is 4.29. The van der Waals surface area contributed by atoms with Gasteiger partial charge in [0.05, 0.1) is 10.5 Å². The van der Waals surface area contributed by atoms with E-state index >= 15 is 0 Å². The molecule has 4 bridgehead atoms. The topological polar surface area (TPSA) is 83.5 Å². The fraction of sp³-hybridized carbons (Fsp3) is 0.435. The smallest absolute Gasteiger partial charge is 0.344 e. The Balaban J connectivity index is 1.51. The molecule has 2 aromatic rings. The summed E-state index contributed by atoms with van der Waals surface area (Å²) in [4.78, 5) is 12.6. The molecular formula is C23H21I2O5S-. The van der Waals surface area contributed by atoms with Crippen LogP contribution in [0.25, 0.3) is 0 Å². The van der Waals surface area contributed by atoms with Crippen molar-refractivity contribution in [3.05, 3.63) is 54.7 Å². The molecule has 0 atom stereocenters. The molecule has 0 spiro atoms. The van der Waals surface area contributed by atoms with E-state index in [1.165, 1.54) is 18.6 Å². The Morgan fingerprint density at radius 1 is 0.935 bits per heavy atom. The van der Waals surface area contributed by atoms with Crippen molar-refractivity contribution in [3.63, 3.8) is 0 Å². The van der Waals surface area contributed by atoms with Crippen LogP contribution < -0.4 is 4.74 Å². The summed E-state index contributed by atoms with van der Waals surface area (Å²) in [7, 11) is -4.62. The van der Waals surface area contributed by atoms with Crippen LogP contribution >= 0.6 is 45.2 Å². The van der Waals surface area contributed by atoms with Crippen LogP contribution in [0.5, 0.6) is 5.75 Å². The lowest BCUT2D eigenvalue weighted by Crippen LogP contribution is -2.44. The summed E-state index contributed by atoms with van der Waals surface area (Å²) >= 11 is 4.23. The summed E-state index contributed by atoms with van der Waals surface area (Å²) < 4.78 is 43.5. The molecule has 5 nitrogen and oxygen atoms in total. The number of halogens is 2. The summed E-state index contributed by atoms with van der Waals surface area (Å²) in [6, 6.07) is 9.91. The molecule has 4 aliphatic carbocycles. The number of hydrogen-bond donors (Lipinski definition) is 0. The second-order valence-corrected chi connectivity index (χ2v) is 12.9. The van der Waals surface area contributed by atoms with Crippen LogP contribution in [0.2, 0.25) is 0 Å². The molecule has 0 heterocycles. The van der Waals surface area contributed by atoms with Gasteiger partial charge in [-0.05, 0) is 149 Å². The molecule has 2 aromatic carbocycles. The normalized spacial score (nSPS) is 29.2. The highest BCUT2D eigenvalue weighted by Gasteiger charge is 2.49. The van der Waals surface area contributed by atoms with Crippen LogP contribution in [-0.2, 0) is 10.1 Å². The largest absolute Gasteiger partial charge is 0.744 e. The van der Waals surface area contributed by atoms with Gasteiger partial charge in [0, 0.05) is 7.14 Å². The van der Waals surface area contributed by atoms with Crippen LogP contribution in [0.3, 0.4) is 0 Å². The highest BCUT2D eigenvalue weighted by molar-refractivity contribution is 14.1. The first-order valence-corrected chi connectivity index (χ1v) is 14.0. The van der Waals surface area contributed by atoms with E-state index in [9.17, 15) is 17.8 Å². The summed E-state index contributed by atoms with van der Waals surface area (Å²) in [5.74, 6) is 2.11. The van der Waals surface area contributed by atoms with Crippen molar-refractivity contribution >= 4 is 61.3 Å². The van der Waals surface area contributed by atoms with E-state index < -0.39 is 16.1 Å². The molecule has 4 saturated carbocycles. The summed E-state index contributed by atoms with van der Waals surface area (Å²) in [5.41, 5.74) is 1.01. The Hall–Kier alpha value is -0.720. The van der Waals surface area contributed by atoms with Crippen molar-refractivity contribution in [2.75, 3.05) is 0 Å². The van der Waals surface area contributed by atoms with Gasteiger partial charge in [-0.3, -0.25) is 0 Å². The van der Waals surface area contributed by atoms with Crippen molar-refractivity contribution in [1.29, 1.82) is 0 Å². The van der Waals surface area contributed by atoms with E-state index in [2.05, 4.69) is 45.2 Å². The minimum absolute atomic E-state index is 0.0444. The SMILES string of the molecule is O=C(Oc1ccc(S(=O)(=O)[O-])c(C2C3CC4CC(C3)CC2C4)c1)c1cc(I)ccc1I. The highest BCUT2D eigenvalue weighted by atomic mass is 127. The lowest BCUT2D eigenvalue weighted by Gasteiger charge is -2.55. The monoisotopic (exact) mass is 663 g/mol. The molecular weight excluding hydrogens is 642 g/mol. The minimum Gasteiger partial charge on any atom is -0.744 e. The maximum atomic E-state index is 12.8. The molecule has 4 fully saturated rings. The fourth-order valence-corrected chi connectivity index (χ4v) is 8.09. The predicted molar refractivity (Wildman–Crippen MR) is 131 cm³/mol. The van der Waals surface area contributed by atoms with Crippen LogP contribution in [0.15, 0.2) is 41.3 Å². The Labute approximate surface area is 209 Å². The van der Waals surface area contributed by atoms with Crippen molar-refractivity contribution in [2.45, 2.75) is 42.9 Å². The van der Waals surface area contributed by atoms with Gasteiger partial charge in [-0.1, -0.05) is 0 Å². The molecule has 0 aromatic heterocycles. The van der Waals surface area contributed by atoms with Crippen LogP contribution in [0, 0.1) is 30.8 Å². The first kappa shape index (κ1) is 22.1. The van der Waals surface area contributed by atoms with Gasteiger partial charge in [0.15, 0.2) is 0 Å². The molecule has 0 saturated heterocycles. The maximum Gasteiger partial charge on any atom is 0.344 e. The Kier molecular flexibility index (Phi) is 5.88. The number of rotatable bonds is 4. The maximum absolute atomic E-state index is 12.8. The lowest BCUT2D eigenvalue weighted by molar-refractivity contribution is -0.00374. The van der Waals surface area contributed by atoms with E-state index in [-0.39, 0.29) is 16.6 Å². The van der Waals surface area contributed by atoms with E-state index in [1.807, 2.05) is 12.1 Å². The molecule has 6 rings (SSSR count). The molecule has 4 aliphatic rings. The molecule has 0 amide bonds. The average Bonchev–Trinajstić information content (AvgIpc) is 2.68. The van der Waals surface area contributed by atoms with Crippen LogP contribution in [0.1, 0.15) is 53.9 Å². The van der Waals surface area contributed by atoms with Gasteiger partial charge in [-0.25, -0.2) is 13.2 Å². The highest BCUT2D eigenvalue weighted by Crippen LogP contribution is 2.60. The first-order chi connectivity index (χ1) is 14.7. The second kappa shape index (κ2) is 8.25. The Bertz CT molecular complexity index is 1130. The number of carbonyl (C=O) groups excluding carboxylic acids is 1. The van der Waals surface area contributed by atoms with E-state index in [4.69, 9.17) is 4.74 Å². The Morgan fingerprint density at radius 2 is 1.58 bits per heavy atom. The molecule has 0 N–H and O–H groups in total. The number of ether oxygens (including phenoxy) is 1. The fourth-order valence-electron chi connectivity index (χ4n) is 6.33. The molecule has 0 aliphatic heterocycles. The van der Waals surface area contributed by atoms with Crippen molar-refractivity contribution in [2.24, 2.45) is 23.7 Å². The number of hydrogen-bond acceptors (Lipinski definition) is 5. The lowest BCUT2D eigenvalue weighted by atomic mass is 9.51. The standard InChI is InChI=1S/C23H22I2O5S/c24-16-1-3-20(25)18(10-16)23(26)30-17-2-4-21(31(27,28)29)19(11-17)22-14-6-12-5-13(8-14)9-15(22)7-12/h1-4,10-15,22H,5-9H2,(H,27,28,29)/p-1. The van der Waals surface area contributed by atoms with Gasteiger partial charge in [-0.15, -0.1) is 0 Å². The van der Waals surface area contributed by atoms with E-state index in [0.717, 1.165) is 44.7 Å². The van der Waals surface area contributed by atoms with Gasteiger partial charge in [0.25, 0.3) is 0 Å². The number of esters is 1. The number of benzene rings is 2.